The number of aromatic nitrogens is 3. The zero-order valence-electron chi connectivity index (χ0n) is 12.6. The van der Waals surface area contributed by atoms with E-state index in [2.05, 4.69) is 41.1 Å². The number of hydrogen-bond acceptors (Lipinski definition) is 4. The second-order valence-electron chi connectivity index (χ2n) is 6.03. The molecule has 1 saturated heterocycles. The molecule has 5 nitrogen and oxygen atoms in total. The second-order valence-corrected chi connectivity index (χ2v) is 6.03. The van der Waals surface area contributed by atoms with E-state index in [4.69, 9.17) is 0 Å². The summed E-state index contributed by atoms with van der Waals surface area (Å²) in [4.78, 5) is 6.94. The highest BCUT2D eigenvalue weighted by atomic mass is 15.3. The summed E-state index contributed by atoms with van der Waals surface area (Å²) in [5.74, 6) is 1.79. The fourth-order valence-electron chi connectivity index (χ4n) is 2.82. The minimum atomic E-state index is 0.608. The Morgan fingerprint density at radius 1 is 1.47 bits per heavy atom. The van der Waals surface area contributed by atoms with E-state index in [9.17, 15) is 0 Å². The van der Waals surface area contributed by atoms with Crippen LogP contribution in [0.2, 0.25) is 0 Å². The summed E-state index contributed by atoms with van der Waals surface area (Å²) in [5, 5.41) is 7.83. The smallest absolute Gasteiger partial charge is 0.140 e. The topological polar surface area (TPSA) is 46.0 Å². The Hall–Kier alpha value is -0.940. The molecule has 5 heteroatoms. The first-order valence-corrected chi connectivity index (χ1v) is 7.40. The van der Waals surface area contributed by atoms with Crippen molar-refractivity contribution in [3.63, 3.8) is 0 Å². The molecule has 0 aromatic carbocycles. The largest absolute Gasteiger partial charge is 0.311 e. The van der Waals surface area contributed by atoms with Gasteiger partial charge in [0.25, 0.3) is 0 Å². The molecule has 0 bridgehead atoms. The van der Waals surface area contributed by atoms with Crippen LogP contribution in [-0.4, -0.2) is 44.8 Å². The Bertz CT molecular complexity index is 387. The molecule has 2 unspecified atom stereocenters. The maximum absolute atomic E-state index is 4.36. The lowest BCUT2D eigenvalue weighted by molar-refractivity contribution is 0.101. The van der Waals surface area contributed by atoms with E-state index in [1.807, 2.05) is 11.7 Å². The highest BCUT2D eigenvalue weighted by molar-refractivity contribution is 4.91. The van der Waals surface area contributed by atoms with Gasteiger partial charge in [0, 0.05) is 32.2 Å². The molecular formula is C14H27N5. The Balaban J connectivity index is 2.04. The third-order valence-electron chi connectivity index (χ3n) is 4.00. The monoisotopic (exact) mass is 265 g/mol. The van der Waals surface area contributed by atoms with Gasteiger partial charge in [-0.25, -0.2) is 4.98 Å². The van der Waals surface area contributed by atoms with Gasteiger partial charge in [0.1, 0.15) is 12.2 Å². The van der Waals surface area contributed by atoms with Crippen molar-refractivity contribution in [1.29, 1.82) is 0 Å². The van der Waals surface area contributed by atoms with Crippen molar-refractivity contribution < 1.29 is 0 Å². The van der Waals surface area contributed by atoms with Crippen LogP contribution in [0, 0.1) is 5.92 Å². The molecule has 1 N–H and O–H groups in total. The van der Waals surface area contributed by atoms with E-state index in [-0.39, 0.29) is 0 Å². The zero-order valence-corrected chi connectivity index (χ0v) is 12.6. The summed E-state index contributed by atoms with van der Waals surface area (Å²) in [5.41, 5.74) is 0. The lowest BCUT2D eigenvalue weighted by atomic mass is 9.98. The third-order valence-corrected chi connectivity index (χ3v) is 4.00. The molecule has 108 valence electrons. The van der Waals surface area contributed by atoms with Crippen molar-refractivity contribution >= 4 is 0 Å². The van der Waals surface area contributed by atoms with Crippen molar-refractivity contribution in [3.8, 4) is 0 Å². The maximum atomic E-state index is 4.36. The van der Waals surface area contributed by atoms with Gasteiger partial charge >= 0.3 is 0 Å². The van der Waals surface area contributed by atoms with Crippen molar-refractivity contribution in [1.82, 2.24) is 25.0 Å². The standard InChI is InChI=1S/C14H27N5/c1-5-12-8-19(9-14-16-10-17-18(14)4)13(7-15-12)6-11(2)3/h10-13,15H,5-9H2,1-4H3. The van der Waals surface area contributed by atoms with Crippen LogP contribution in [-0.2, 0) is 13.6 Å². The van der Waals surface area contributed by atoms with Gasteiger partial charge in [-0.1, -0.05) is 20.8 Å². The first-order valence-electron chi connectivity index (χ1n) is 7.40. The van der Waals surface area contributed by atoms with Crippen LogP contribution in [0.4, 0.5) is 0 Å². The lowest BCUT2D eigenvalue weighted by Gasteiger charge is -2.40. The van der Waals surface area contributed by atoms with Crippen LogP contribution < -0.4 is 5.32 Å². The predicted molar refractivity (Wildman–Crippen MR) is 76.7 cm³/mol. The van der Waals surface area contributed by atoms with Crippen LogP contribution in [0.1, 0.15) is 39.4 Å². The zero-order chi connectivity index (χ0) is 13.8. The fraction of sp³-hybridized carbons (Fsp3) is 0.857. The van der Waals surface area contributed by atoms with Crippen LogP contribution in [0.15, 0.2) is 6.33 Å². The van der Waals surface area contributed by atoms with E-state index in [0.717, 1.165) is 31.4 Å². The van der Waals surface area contributed by atoms with Gasteiger partial charge in [0.15, 0.2) is 0 Å². The van der Waals surface area contributed by atoms with Crippen molar-refractivity contribution in [2.45, 2.75) is 52.2 Å². The first-order chi connectivity index (χ1) is 9.10. The van der Waals surface area contributed by atoms with E-state index in [1.165, 1.54) is 12.8 Å². The normalized spacial score (nSPS) is 25.1. The average Bonchev–Trinajstić information content (AvgIpc) is 2.76. The maximum Gasteiger partial charge on any atom is 0.140 e. The minimum absolute atomic E-state index is 0.608. The number of nitrogens with one attached hydrogen (secondary N) is 1. The molecule has 1 aliphatic heterocycles. The molecule has 0 spiro atoms. The van der Waals surface area contributed by atoms with Gasteiger partial charge in [-0.2, -0.15) is 5.10 Å². The molecule has 0 radical (unpaired) electrons. The number of nitrogens with zero attached hydrogens (tertiary/aromatic N) is 4. The quantitative estimate of drug-likeness (QED) is 0.874. The molecule has 0 saturated carbocycles. The molecule has 0 amide bonds. The number of hydrogen-bond donors (Lipinski definition) is 1. The van der Waals surface area contributed by atoms with Crippen LogP contribution in [0.25, 0.3) is 0 Å². The number of piperazine rings is 1. The molecule has 2 heterocycles. The summed E-state index contributed by atoms with van der Waals surface area (Å²) in [6.07, 6.45) is 4.07. The Kier molecular flexibility index (Phi) is 4.93. The first kappa shape index (κ1) is 14.5. The molecule has 2 rings (SSSR count). The summed E-state index contributed by atoms with van der Waals surface area (Å²) in [6.45, 7) is 9.96. The fourth-order valence-corrected chi connectivity index (χ4v) is 2.82. The van der Waals surface area contributed by atoms with Gasteiger partial charge in [-0.05, 0) is 18.8 Å². The lowest BCUT2D eigenvalue weighted by Crippen LogP contribution is -2.56. The van der Waals surface area contributed by atoms with Crippen molar-refractivity contribution in [2.75, 3.05) is 13.1 Å². The van der Waals surface area contributed by atoms with Crippen LogP contribution in [0.5, 0.6) is 0 Å². The summed E-state index contributed by atoms with van der Waals surface area (Å²) in [6, 6.07) is 1.22. The molecule has 0 aliphatic carbocycles. The van der Waals surface area contributed by atoms with Gasteiger partial charge in [-0.15, -0.1) is 0 Å². The molecule has 2 atom stereocenters. The third kappa shape index (κ3) is 3.76. The Morgan fingerprint density at radius 2 is 2.26 bits per heavy atom. The minimum Gasteiger partial charge on any atom is -0.311 e. The molecular weight excluding hydrogens is 238 g/mol. The number of aryl methyl sites for hydroxylation is 1. The van der Waals surface area contributed by atoms with E-state index in [1.54, 1.807) is 6.33 Å². The Labute approximate surface area is 116 Å². The van der Waals surface area contributed by atoms with E-state index >= 15 is 0 Å². The molecule has 1 aliphatic rings. The van der Waals surface area contributed by atoms with Gasteiger partial charge in [0.2, 0.25) is 0 Å². The van der Waals surface area contributed by atoms with Crippen molar-refractivity contribution in [2.24, 2.45) is 13.0 Å². The summed E-state index contributed by atoms with van der Waals surface area (Å²) >= 11 is 0. The summed E-state index contributed by atoms with van der Waals surface area (Å²) in [7, 11) is 1.97. The van der Waals surface area contributed by atoms with Crippen molar-refractivity contribution in [3.05, 3.63) is 12.2 Å². The van der Waals surface area contributed by atoms with Gasteiger partial charge in [0.05, 0.1) is 6.54 Å². The van der Waals surface area contributed by atoms with Gasteiger partial charge in [-0.3, -0.25) is 9.58 Å². The SMILES string of the molecule is CCC1CN(Cc2ncnn2C)C(CC(C)C)CN1. The van der Waals surface area contributed by atoms with Gasteiger partial charge < -0.3 is 5.32 Å². The van der Waals surface area contributed by atoms with Crippen LogP contribution >= 0.6 is 0 Å². The Morgan fingerprint density at radius 3 is 2.84 bits per heavy atom. The summed E-state index contributed by atoms with van der Waals surface area (Å²) < 4.78 is 1.88. The predicted octanol–water partition coefficient (Wildman–Crippen LogP) is 1.41. The molecule has 19 heavy (non-hydrogen) atoms. The van der Waals surface area contributed by atoms with E-state index < -0.39 is 0 Å². The highest BCUT2D eigenvalue weighted by Crippen LogP contribution is 2.18. The molecule has 1 fully saturated rings. The van der Waals surface area contributed by atoms with Crippen LogP contribution in [0.3, 0.4) is 0 Å². The highest BCUT2D eigenvalue weighted by Gasteiger charge is 2.28. The van der Waals surface area contributed by atoms with E-state index in [0.29, 0.717) is 12.1 Å². The molecule has 1 aromatic heterocycles. The molecule has 1 aromatic rings. The average molecular weight is 265 g/mol. The second kappa shape index (κ2) is 6.48. The number of rotatable bonds is 5.